The van der Waals surface area contributed by atoms with Gasteiger partial charge in [-0.3, -0.25) is 0 Å². The summed E-state index contributed by atoms with van der Waals surface area (Å²) < 4.78 is 40.6. The lowest BCUT2D eigenvalue weighted by molar-refractivity contribution is -0.137. The molecule has 0 saturated heterocycles. The van der Waals surface area contributed by atoms with Gasteiger partial charge in [-0.1, -0.05) is 17.3 Å². The Kier molecular flexibility index (Phi) is 4.22. The third kappa shape index (κ3) is 3.17. The average molecular weight is 435 g/mol. The Morgan fingerprint density at radius 3 is 2.73 bits per heavy atom. The van der Waals surface area contributed by atoms with Crippen molar-refractivity contribution in [1.82, 2.24) is 15.0 Å². The highest BCUT2D eigenvalue weighted by atomic mass is 127. The van der Waals surface area contributed by atoms with Gasteiger partial charge in [-0.25, -0.2) is 4.68 Å². The Bertz CT molecular complexity index is 781. The monoisotopic (exact) mass is 435 g/mol. The summed E-state index contributed by atoms with van der Waals surface area (Å²) in [5.41, 5.74) is 1.59. The summed E-state index contributed by atoms with van der Waals surface area (Å²) in [5.74, 6) is 0. The minimum atomic E-state index is -4.34. The second-order valence-electron chi connectivity index (χ2n) is 4.60. The number of benzene rings is 1. The second kappa shape index (κ2) is 5.99. The first kappa shape index (κ1) is 15.5. The summed E-state index contributed by atoms with van der Waals surface area (Å²) >= 11 is 3.66. The van der Waals surface area contributed by atoms with Gasteiger partial charge in [-0.2, -0.15) is 24.5 Å². The van der Waals surface area contributed by atoms with Crippen LogP contribution in [0.5, 0.6) is 0 Å². The standard InChI is InChI=1S/C14H9F3IN3S/c15-14(16,17)11-3-1-2-9(6-11)7-21-13(18)12(19-20-21)10-4-5-22-8-10/h1-6,8H,7H2. The molecule has 0 radical (unpaired) electrons. The first-order valence-electron chi connectivity index (χ1n) is 6.23. The van der Waals surface area contributed by atoms with E-state index in [1.165, 1.54) is 6.07 Å². The molecule has 0 aliphatic carbocycles. The predicted molar refractivity (Wildman–Crippen MR) is 86.6 cm³/mol. The molecule has 2 aromatic heterocycles. The van der Waals surface area contributed by atoms with Crippen molar-refractivity contribution >= 4 is 33.9 Å². The Labute approximate surface area is 141 Å². The number of hydrogen-bond donors (Lipinski definition) is 0. The fourth-order valence-corrected chi connectivity index (χ4v) is 3.32. The predicted octanol–water partition coefficient (Wildman–Crippen LogP) is 4.68. The van der Waals surface area contributed by atoms with Gasteiger partial charge in [-0.05, 0) is 51.7 Å². The molecule has 0 amide bonds. The van der Waals surface area contributed by atoms with E-state index in [1.807, 2.05) is 16.8 Å². The molecule has 1 aromatic carbocycles. The van der Waals surface area contributed by atoms with Gasteiger partial charge in [-0.15, -0.1) is 5.10 Å². The third-order valence-corrected chi connectivity index (χ3v) is 4.81. The average Bonchev–Trinajstić information content (AvgIpc) is 3.09. The molecule has 0 spiro atoms. The number of rotatable bonds is 3. The molecule has 0 saturated carbocycles. The maximum absolute atomic E-state index is 12.7. The number of halogens is 4. The van der Waals surface area contributed by atoms with Gasteiger partial charge in [0.1, 0.15) is 9.39 Å². The maximum Gasteiger partial charge on any atom is 0.416 e. The molecule has 3 nitrogen and oxygen atoms in total. The van der Waals surface area contributed by atoms with Crippen LogP contribution in [0.1, 0.15) is 11.1 Å². The SMILES string of the molecule is FC(F)(F)c1cccc(Cn2nnc(-c3ccsc3)c2I)c1. The molecular formula is C14H9F3IN3S. The highest BCUT2D eigenvalue weighted by molar-refractivity contribution is 14.1. The van der Waals surface area contributed by atoms with Crippen LogP contribution in [0.25, 0.3) is 11.3 Å². The zero-order chi connectivity index (χ0) is 15.7. The van der Waals surface area contributed by atoms with Crippen LogP contribution in [-0.4, -0.2) is 15.0 Å². The third-order valence-electron chi connectivity index (χ3n) is 3.06. The number of thiophene rings is 1. The van der Waals surface area contributed by atoms with Crippen LogP contribution < -0.4 is 0 Å². The van der Waals surface area contributed by atoms with Gasteiger partial charge in [0.2, 0.25) is 0 Å². The number of nitrogens with zero attached hydrogens (tertiary/aromatic N) is 3. The normalized spacial score (nSPS) is 11.8. The van der Waals surface area contributed by atoms with E-state index in [-0.39, 0.29) is 6.54 Å². The largest absolute Gasteiger partial charge is 0.416 e. The van der Waals surface area contributed by atoms with E-state index < -0.39 is 11.7 Å². The van der Waals surface area contributed by atoms with Gasteiger partial charge in [0, 0.05) is 10.9 Å². The van der Waals surface area contributed by atoms with Crippen molar-refractivity contribution in [3.05, 3.63) is 55.9 Å². The lowest BCUT2D eigenvalue weighted by Crippen LogP contribution is -2.08. The molecule has 0 atom stereocenters. The van der Waals surface area contributed by atoms with Crippen molar-refractivity contribution in [3.8, 4) is 11.3 Å². The van der Waals surface area contributed by atoms with Crippen molar-refractivity contribution in [3.63, 3.8) is 0 Å². The van der Waals surface area contributed by atoms with Crippen LogP contribution in [0.2, 0.25) is 0 Å². The van der Waals surface area contributed by atoms with E-state index in [1.54, 1.807) is 22.1 Å². The van der Waals surface area contributed by atoms with E-state index in [9.17, 15) is 13.2 Å². The summed E-state index contributed by atoms with van der Waals surface area (Å²) in [6.07, 6.45) is -4.34. The molecule has 0 N–H and O–H groups in total. The summed E-state index contributed by atoms with van der Waals surface area (Å²) in [6.45, 7) is 0.249. The molecule has 114 valence electrons. The maximum atomic E-state index is 12.7. The molecule has 0 aliphatic rings. The molecule has 0 aliphatic heterocycles. The van der Waals surface area contributed by atoms with Crippen molar-refractivity contribution in [1.29, 1.82) is 0 Å². The Morgan fingerprint density at radius 2 is 2.05 bits per heavy atom. The number of hydrogen-bond acceptors (Lipinski definition) is 3. The topological polar surface area (TPSA) is 30.7 Å². The van der Waals surface area contributed by atoms with E-state index in [0.29, 0.717) is 5.56 Å². The smallest absolute Gasteiger partial charge is 0.234 e. The van der Waals surface area contributed by atoms with E-state index in [0.717, 1.165) is 27.1 Å². The van der Waals surface area contributed by atoms with Gasteiger partial charge in [0.05, 0.1) is 12.1 Å². The first-order chi connectivity index (χ1) is 10.4. The van der Waals surface area contributed by atoms with Crippen LogP contribution in [0, 0.1) is 3.70 Å². The molecule has 3 rings (SSSR count). The lowest BCUT2D eigenvalue weighted by atomic mass is 10.1. The van der Waals surface area contributed by atoms with Crippen LogP contribution in [-0.2, 0) is 12.7 Å². The minimum absolute atomic E-state index is 0.249. The van der Waals surface area contributed by atoms with E-state index >= 15 is 0 Å². The molecule has 3 aromatic rings. The minimum Gasteiger partial charge on any atom is -0.234 e. The summed E-state index contributed by atoms with van der Waals surface area (Å²) in [5, 5.41) is 12.1. The molecule has 0 bridgehead atoms. The van der Waals surface area contributed by atoms with Crippen LogP contribution in [0.4, 0.5) is 13.2 Å². The van der Waals surface area contributed by atoms with Crippen LogP contribution in [0.3, 0.4) is 0 Å². The molecule has 22 heavy (non-hydrogen) atoms. The zero-order valence-corrected chi connectivity index (χ0v) is 14.0. The summed E-state index contributed by atoms with van der Waals surface area (Å²) in [4.78, 5) is 0. The van der Waals surface area contributed by atoms with Crippen molar-refractivity contribution in [2.75, 3.05) is 0 Å². The highest BCUT2D eigenvalue weighted by Gasteiger charge is 2.30. The zero-order valence-electron chi connectivity index (χ0n) is 11.0. The van der Waals surface area contributed by atoms with Crippen molar-refractivity contribution in [2.24, 2.45) is 0 Å². The quantitative estimate of drug-likeness (QED) is 0.560. The number of alkyl halides is 3. The molecule has 0 fully saturated rings. The summed E-state index contributed by atoms with van der Waals surface area (Å²) in [7, 11) is 0. The Balaban J connectivity index is 1.88. The Morgan fingerprint density at radius 1 is 1.23 bits per heavy atom. The van der Waals surface area contributed by atoms with Crippen molar-refractivity contribution < 1.29 is 13.2 Å². The van der Waals surface area contributed by atoms with Gasteiger partial charge in [0.15, 0.2) is 0 Å². The molecular weight excluding hydrogens is 426 g/mol. The molecule has 2 heterocycles. The first-order valence-corrected chi connectivity index (χ1v) is 8.25. The van der Waals surface area contributed by atoms with Crippen LogP contribution in [0.15, 0.2) is 41.1 Å². The lowest BCUT2D eigenvalue weighted by Gasteiger charge is -2.09. The number of aromatic nitrogens is 3. The fraction of sp³-hybridized carbons (Fsp3) is 0.143. The van der Waals surface area contributed by atoms with E-state index in [2.05, 4.69) is 32.9 Å². The van der Waals surface area contributed by atoms with Gasteiger partial charge >= 0.3 is 6.18 Å². The molecule has 0 unspecified atom stereocenters. The fourth-order valence-electron chi connectivity index (χ4n) is 2.00. The Hall–Kier alpha value is -1.42. The summed E-state index contributed by atoms with van der Waals surface area (Å²) in [6, 6.07) is 7.19. The second-order valence-corrected chi connectivity index (χ2v) is 6.40. The van der Waals surface area contributed by atoms with Gasteiger partial charge in [0.25, 0.3) is 0 Å². The molecule has 8 heteroatoms. The van der Waals surface area contributed by atoms with Crippen LogP contribution >= 0.6 is 33.9 Å². The van der Waals surface area contributed by atoms with Crippen molar-refractivity contribution in [2.45, 2.75) is 12.7 Å². The van der Waals surface area contributed by atoms with E-state index in [4.69, 9.17) is 0 Å². The van der Waals surface area contributed by atoms with Gasteiger partial charge < -0.3 is 0 Å². The highest BCUT2D eigenvalue weighted by Crippen LogP contribution is 2.30.